The van der Waals surface area contributed by atoms with Gasteiger partial charge in [0.2, 0.25) is 11.8 Å². The summed E-state index contributed by atoms with van der Waals surface area (Å²) in [6, 6.07) is 0. The average molecular weight is 600 g/mol. The minimum absolute atomic E-state index is 0.00577. The molecular formula is C16H28Br4N2O2. The molecule has 0 heterocycles. The molecule has 0 spiro atoms. The Hall–Kier alpha value is 0.860. The van der Waals surface area contributed by atoms with Gasteiger partial charge in [-0.15, -0.1) is 0 Å². The predicted octanol–water partition coefficient (Wildman–Crippen LogP) is 5.35. The Morgan fingerprint density at radius 2 is 0.792 bits per heavy atom. The molecule has 0 fully saturated rings. The zero-order chi connectivity index (χ0) is 18.2. The number of hydrogen-bond donors (Lipinski definition) is 2. The minimum Gasteiger partial charge on any atom is -0.354 e. The first-order valence-electron chi connectivity index (χ1n) is 8.57. The smallest absolute Gasteiger partial charge is 0.244 e. The summed E-state index contributed by atoms with van der Waals surface area (Å²) in [6.07, 6.45) is 12.1. The van der Waals surface area contributed by atoms with Crippen molar-refractivity contribution < 1.29 is 9.59 Å². The molecule has 142 valence electrons. The molecule has 2 N–H and O–H groups in total. The van der Waals surface area contributed by atoms with E-state index < -0.39 is 0 Å². The molecule has 0 aromatic rings. The number of alkyl halides is 4. The van der Waals surface area contributed by atoms with Gasteiger partial charge >= 0.3 is 0 Å². The normalized spacial score (nSPS) is 11.1. The van der Waals surface area contributed by atoms with Crippen molar-refractivity contribution in [3.8, 4) is 0 Å². The summed E-state index contributed by atoms with van der Waals surface area (Å²) in [4.78, 5) is 22.6. The highest BCUT2D eigenvalue weighted by Gasteiger charge is 2.08. The highest BCUT2D eigenvalue weighted by molar-refractivity contribution is 9.25. The van der Waals surface area contributed by atoms with Crippen LogP contribution < -0.4 is 10.6 Å². The predicted molar refractivity (Wildman–Crippen MR) is 115 cm³/mol. The average Bonchev–Trinajstić information content (AvgIpc) is 2.54. The van der Waals surface area contributed by atoms with Gasteiger partial charge in [-0.3, -0.25) is 9.59 Å². The van der Waals surface area contributed by atoms with Crippen LogP contribution in [0.5, 0.6) is 0 Å². The molecule has 0 saturated carbocycles. The summed E-state index contributed by atoms with van der Waals surface area (Å²) in [6.45, 7) is 1.52. The van der Waals surface area contributed by atoms with Crippen molar-refractivity contribution in [3.05, 3.63) is 0 Å². The summed E-state index contributed by atoms with van der Waals surface area (Å²) in [7, 11) is 0. The molecule has 2 amide bonds. The van der Waals surface area contributed by atoms with Crippen LogP contribution >= 0.6 is 63.7 Å². The zero-order valence-corrected chi connectivity index (χ0v) is 20.3. The van der Waals surface area contributed by atoms with Gasteiger partial charge in [0.1, 0.15) is 7.47 Å². The number of amides is 2. The number of nitrogens with one attached hydrogen (secondary N) is 2. The maximum Gasteiger partial charge on any atom is 0.244 e. The van der Waals surface area contributed by atoms with Crippen LogP contribution in [0.2, 0.25) is 0 Å². The van der Waals surface area contributed by atoms with Gasteiger partial charge < -0.3 is 10.6 Å². The molecule has 0 unspecified atom stereocenters. The van der Waals surface area contributed by atoms with E-state index >= 15 is 0 Å². The van der Waals surface area contributed by atoms with Crippen molar-refractivity contribution in [3.63, 3.8) is 0 Å². The lowest BCUT2D eigenvalue weighted by atomic mass is 10.1. The Morgan fingerprint density at radius 3 is 1.04 bits per heavy atom. The molecule has 0 aromatic carbocycles. The molecule has 0 atom stereocenters. The second-order valence-electron chi connectivity index (χ2n) is 5.72. The lowest BCUT2D eigenvalue weighted by Gasteiger charge is -2.06. The van der Waals surface area contributed by atoms with Crippen molar-refractivity contribution in [1.82, 2.24) is 10.6 Å². The van der Waals surface area contributed by atoms with E-state index in [0.29, 0.717) is 0 Å². The van der Waals surface area contributed by atoms with Crippen LogP contribution in [0.3, 0.4) is 0 Å². The maximum absolute atomic E-state index is 11.3. The fourth-order valence-corrected chi connectivity index (χ4v) is 2.89. The van der Waals surface area contributed by atoms with Gasteiger partial charge in [-0.2, -0.15) is 0 Å². The molecule has 0 aromatic heterocycles. The van der Waals surface area contributed by atoms with Gasteiger partial charge in [0.25, 0.3) is 0 Å². The van der Waals surface area contributed by atoms with Crippen LogP contribution in [-0.4, -0.2) is 32.4 Å². The highest BCUT2D eigenvalue weighted by atomic mass is 79.9. The van der Waals surface area contributed by atoms with Crippen molar-refractivity contribution in [2.24, 2.45) is 0 Å². The van der Waals surface area contributed by atoms with Gasteiger partial charge in [-0.1, -0.05) is 115 Å². The number of carbonyl (C=O) groups is 2. The molecule has 0 bridgehead atoms. The molecule has 0 rings (SSSR count). The third kappa shape index (κ3) is 16.3. The first-order chi connectivity index (χ1) is 11.4. The monoisotopic (exact) mass is 596 g/mol. The molecule has 8 heteroatoms. The summed E-state index contributed by atoms with van der Waals surface area (Å²) in [5.41, 5.74) is 0. The second-order valence-corrected chi connectivity index (χ2v) is 11.8. The quantitative estimate of drug-likeness (QED) is 0.197. The molecule has 0 radical (unpaired) electrons. The van der Waals surface area contributed by atoms with Gasteiger partial charge in [0, 0.05) is 13.1 Å². The number of unbranched alkanes of at least 4 members (excludes halogenated alkanes) is 9. The largest absolute Gasteiger partial charge is 0.354 e. The van der Waals surface area contributed by atoms with Gasteiger partial charge in [0.15, 0.2) is 0 Å². The Balaban J connectivity index is 3.15. The molecular weight excluding hydrogens is 572 g/mol. The fraction of sp³-hybridized carbons (Fsp3) is 0.875. The van der Waals surface area contributed by atoms with Gasteiger partial charge in [-0.25, -0.2) is 0 Å². The summed E-state index contributed by atoms with van der Waals surface area (Å²) in [5, 5.41) is 5.73. The standard InChI is InChI=1S/C16H28Br4N2O2/c17-13(18)15(23)21-11-9-7-5-3-1-2-4-6-8-10-12-22-16(24)14(19)20/h13-14H,1-12H2,(H,21,23)(H,22,24). The summed E-state index contributed by atoms with van der Waals surface area (Å²) >= 11 is 12.7. The Bertz CT molecular complexity index is 310. The highest BCUT2D eigenvalue weighted by Crippen LogP contribution is 2.11. The number of rotatable bonds is 15. The SMILES string of the molecule is O=C(NCCCCCCCCCCCCNC(=O)C(Br)Br)C(Br)Br. The van der Waals surface area contributed by atoms with Crippen LogP contribution in [-0.2, 0) is 9.59 Å². The summed E-state index contributed by atoms with van der Waals surface area (Å²) in [5.74, 6) is -0.0115. The van der Waals surface area contributed by atoms with E-state index in [1.807, 2.05) is 0 Å². The lowest BCUT2D eigenvalue weighted by molar-refractivity contribution is -0.119. The Labute approximate surface area is 179 Å². The Kier molecular flexibility index (Phi) is 17.9. The van der Waals surface area contributed by atoms with E-state index in [1.165, 1.54) is 51.4 Å². The van der Waals surface area contributed by atoms with Crippen molar-refractivity contribution in [1.29, 1.82) is 0 Å². The Morgan fingerprint density at radius 1 is 0.542 bits per heavy atom. The third-order valence-electron chi connectivity index (χ3n) is 3.60. The topological polar surface area (TPSA) is 58.2 Å². The molecule has 0 aliphatic carbocycles. The fourth-order valence-electron chi connectivity index (χ4n) is 2.24. The number of carbonyl (C=O) groups excluding carboxylic acids is 2. The zero-order valence-electron chi connectivity index (χ0n) is 14.0. The molecule has 0 saturated heterocycles. The molecule has 0 aliphatic rings. The van der Waals surface area contributed by atoms with E-state index in [-0.39, 0.29) is 19.3 Å². The van der Waals surface area contributed by atoms with Crippen LogP contribution in [0.15, 0.2) is 0 Å². The minimum atomic E-state index is -0.285. The summed E-state index contributed by atoms with van der Waals surface area (Å²) < 4.78 is -0.570. The van der Waals surface area contributed by atoms with Crippen molar-refractivity contribution in [2.45, 2.75) is 71.7 Å². The van der Waals surface area contributed by atoms with E-state index in [2.05, 4.69) is 74.4 Å². The first-order valence-corrected chi connectivity index (χ1v) is 12.2. The van der Waals surface area contributed by atoms with Crippen LogP contribution in [0.1, 0.15) is 64.2 Å². The van der Waals surface area contributed by atoms with E-state index in [4.69, 9.17) is 0 Å². The number of halogens is 4. The van der Waals surface area contributed by atoms with E-state index in [0.717, 1.165) is 25.9 Å². The molecule has 4 nitrogen and oxygen atoms in total. The van der Waals surface area contributed by atoms with Gasteiger partial charge in [0.05, 0.1) is 0 Å². The van der Waals surface area contributed by atoms with E-state index in [9.17, 15) is 9.59 Å². The number of hydrogen-bond acceptors (Lipinski definition) is 2. The first kappa shape index (κ1) is 24.9. The second kappa shape index (κ2) is 17.3. The van der Waals surface area contributed by atoms with Crippen molar-refractivity contribution >= 4 is 75.5 Å². The lowest BCUT2D eigenvalue weighted by Crippen LogP contribution is -2.28. The van der Waals surface area contributed by atoms with Gasteiger partial charge in [-0.05, 0) is 12.8 Å². The molecule has 24 heavy (non-hydrogen) atoms. The third-order valence-corrected chi connectivity index (χ3v) is 5.26. The van der Waals surface area contributed by atoms with E-state index in [1.54, 1.807) is 0 Å². The van der Waals surface area contributed by atoms with Crippen molar-refractivity contribution in [2.75, 3.05) is 13.1 Å². The van der Waals surface area contributed by atoms with Crippen LogP contribution in [0.4, 0.5) is 0 Å². The van der Waals surface area contributed by atoms with Crippen LogP contribution in [0.25, 0.3) is 0 Å². The maximum atomic E-state index is 11.3. The molecule has 0 aliphatic heterocycles. The van der Waals surface area contributed by atoms with Crippen LogP contribution in [0, 0.1) is 0 Å².